The van der Waals surface area contributed by atoms with Crippen LogP contribution in [0.15, 0.2) is 103 Å². The second-order valence-corrected chi connectivity index (χ2v) is 20.3. The number of nitro groups is 1. The van der Waals surface area contributed by atoms with Crippen LogP contribution >= 0.6 is 0 Å². The van der Waals surface area contributed by atoms with Crippen molar-refractivity contribution in [2.75, 3.05) is 5.73 Å². The SMILES string of the molecule is Cc1ccc2c(c1)CC1(C2)NC(=O)NC1=O.Nc1ccc2c(c1)CC1(C2)NC(=O)NC1=O.O=C1Cc2ccccc2C1.O=C1NC(=O)C2(Cc3ccc([N+](=O)[O-])cc3C2)N1.O=C1NC(=O)C2(Cc3ccccc3C2)N1. The van der Waals surface area contributed by atoms with Crippen LogP contribution in [-0.4, -0.2) is 80.6 Å². The Kier molecular flexibility index (Phi) is 12.3. The van der Waals surface area contributed by atoms with Crippen molar-refractivity contribution in [1.29, 1.82) is 0 Å². The zero-order valence-electron chi connectivity index (χ0n) is 40.4. The molecule has 4 fully saturated rings. The summed E-state index contributed by atoms with van der Waals surface area (Å²) in [4.78, 5) is 113. The van der Waals surface area contributed by atoms with Crippen molar-refractivity contribution < 1.29 is 48.1 Å². The summed E-state index contributed by atoms with van der Waals surface area (Å²) in [5.74, 6) is -0.671. The lowest BCUT2D eigenvalue weighted by molar-refractivity contribution is -0.384. The molecule has 4 aliphatic heterocycles. The average Bonchev–Trinajstić information content (AvgIpc) is 4.25. The van der Waals surface area contributed by atoms with Gasteiger partial charge in [-0.15, -0.1) is 0 Å². The third kappa shape index (κ3) is 9.50. The highest BCUT2D eigenvalue weighted by molar-refractivity contribution is 6.10. The number of nitro benzene ring substituents is 1. The zero-order valence-corrected chi connectivity index (χ0v) is 40.4. The molecule has 10 N–H and O–H groups in total. The number of nitrogen functional groups attached to an aromatic ring is 1. The first kappa shape index (κ1) is 49.3. The molecule has 3 unspecified atom stereocenters. The number of ketones is 1. The number of nitrogens with two attached hydrogens (primary N) is 1. The van der Waals surface area contributed by atoms with Crippen LogP contribution in [-0.2, 0) is 88.2 Å². The number of aryl methyl sites for hydroxylation is 1. The molecule has 9 aliphatic rings. The Balaban J connectivity index is 0.000000108. The van der Waals surface area contributed by atoms with Gasteiger partial charge in [0.1, 0.15) is 27.9 Å². The molecule has 21 heteroatoms. The van der Waals surface area contributed by atoms with Gasteiger partial charge in [0.15, 0.2) is 0 Å². The summed E-state index contributed by atoms with van der Waals surface area (Å²) in [7, 11) is 0. The van der Waals surface area contributed by atoms with Crippen molar-refractivity contribution >= 4 is 64.9 Å². The van der Waals surface area contributed by atoms with Gasteiger partial charge in [0.25, 0.3) is 29.3 Å². The lowest BCUT2D eigenvalue weighted by Crippen LogP contribution is -2.47. The number of hydrogen-bond acceptors (Lipinski definition) is 12. The van der Waals surface area contributed by atoms with Crippen molar-refractivity contribution in [2.45, 2.75) is 93.3 Å². The van der Waals surface area contributed by atoms with E-state index in [1.54, 1.807) is 6.07 Å². The van der Waals surface area contributed by atoms with Crippen molar-refractivity contribution in [3.8, 4) is 0 Å². The maximum absolute atomic E-state index is 11.8. The van der Waals surface area contributed by atoms with Crippen molar-refractivity contribution in [2.24, 2.45) is 0 Å². The highest BCUT2D eigenvalue weighted by Gasteiger charge is 2.53. The van der Waals surface area contributed by atoms with Gasteiger partial charge >= 0.3 is 24.1 Å². The molecule has 5 aromatic carbocycles. The molecule has 12 amide bonds. The molecular formula is C54H50N10O11. The lowest BCUT2D eigenvalue weighted by Gasteiger charge is -2.18. The summed E-state index contributed by atoms with van der Waals surface area (Å²) in [5, 5.41) is 30.6. The number of amides is 12. The molecule has 4 spiro atoms. The molecule has 75 heavy (non-hydrogen) atoms. The highest BCUT2D eigenvalue weighted by Crippen LogP contribution is 2.37. The minimum Gasteiger partial charge on any atom is -0.399 e. The smallest absolute Gasteiger partial charge is 0.322 e. The monoisotopic (exact) mass is 1010 g/mol. The molecule has 4 saturated heterocycles. The number of carbonyl (C=O) groups is 9. The van der Waals surface area contributed by atoms with E-state index in [2.05, 4.69) is 48.6 Å². The van der Waals surface area contributed by atoms with E-state index in [1.807, 2.05) is 85.8 Å². The van der Waals surface area contributed by atoms with Gasteiger partial charge in [-0.05, 0) is 74.7 Å². The van der Waals surface area contributed by atoms with Crippen molar-refractivity contribution in [1.82, 2.24) is 42.5 Å². The Labute approximate surface area is 427 Å². The molecule has 0 bridgehead atoms. The number of fused-ring (bicyclic) bond motifs is 5. The largest absolute Gasteiger partial charge is 0.399 e. The molecule has 4 heterocycles. The number of carbonyl (C=O) groups excluding carboxylic acids is 9. The molecular weight excluding hydrogens is 965 g/mol. The van der Waals surface area contributed by atoms with E-state index in [-0.39, 0.29) is 41.4 Å². The predicted octanol–water partition coefficient (Wildman–Crippen LogP) is 2.61. The Morgan fingerprint density at radius 2 is 0.733 bits per heavy atom. The lowest BCUT2D eigenvalue weighted by atomic mass is 9.96. The van der Waals surface area contributed by atoms with E-state index < -0.39 is 39.1 Å². The maximum Gasteiger partial charge on any atom is 0.322 e. The van der Waals surface area contributed by atoms with Crippen LogP contribution in [0, 0.1) is 17.0 Å². The maximum atomic E-state index is 11.8. The van der Waals surface area contributed by atoms with Crippen LogP contribution in [0.2, 0.25) is 0 Å². The third-order valence-corrected chi connectivity index (χ3v) is 15.0. The highest BCUT2D eigenvalue weighted by atomic mass is 16.6. The van der Waals surface area contributed by atoms with Crippen molar-refractivity contribution in [3.63, 3.8) is 0 Å². The second kappa shape index (κ2) is 18.6. The summed E-state index contributed by atoms with van der Waals surface area (Å²) in [6.45, 7) is 2.03. The van der Waals surface area contributed by atoms with Gasteiger partial charge in [0.05, 0.1) is 4.92 Å². The van der Waals surface area contributed by atoms with E-state index >= 15 is 0 Å². The minimum atomic E-state index is -0.964. The molecule has 0 radical (unpaired) electrons. The fourth-order valence-electron chi connectivity index (χ4n) is 11.4. The van der Waals surface area contributed by atoms with Gasteiger partial charge in [-0.2, -0.15) is 0 Å². The van der Waals surface area contributed by atoms with Gasteiger partial charge in [0.2, 0.25) is 0 Å². The molecule has 21 nitrogen and oxygen atoms in total. The fourth-order valence-corrected chi connectivity index (χ4v) is 11.4. The summed E-state index contributed by atoms with van der Waals surface area (Å²) in [6.07, 6.45) is 5.42. The molecule has 382 valence electrons. The average molecular weight is 1020 g/mol. The Morgan fingerprint density at radius 1 is 0.413 bits per heavy atom. The van der Waals surface area contributed by atoms with Gasteiger partial charge < -0.3 is 27.0 Å². The Bertz CT molecular complexity index is 3230. The summed E-state index contributed by atoms with van der Waals surface area (Å²) in [6, 6.07) is 30.5. The molecule has 5 aliphatic carbocycles. The van der Waals surface area contributed by atoms with E-state index in [0.717, 1.165) is 44.5 Å². The topological polar surface area (TPSA) is 319 Å². The van der Waals surface area contributed by atoms with Crippen LogP contribution in [0.25, 0.3) is 0 Å². The normalized spacial score (nSPS) is 23.7. The van der Waals surface area contributed by atoms with Crippen LogP contribution in [0.1, 0.15) is 61.2 Å². The number of urea groups is 4. The quantitative estimate of drug-likeness (QED) is 0.0507. The van der Waals surface area contributed by atoms with Gasteiger partial charge in [-0.1, -0.05) is 84.4 Å². The third-order valence-electron chi connectivity index (χ3n) is 15.0. The van der Waals surface area contributed by atoms with Gasteiger partial charge in [0, 0.05) is 82.0 Å². The summed E-state index contributed by atoms with van der Waals surface area (Å²) in [5.41, 5.74) is 15.1. The van der Waals surface area contributed by atoms with Gasteiger partial charge in [-0.25, -0.2) is 19.2 Å². The predicted molar refractivity (Wildman–Crippen MR) is 268 cm³/mol. The molecule has 0 aromatic heterocycles. The van der Waals surface area contributed by atoms with E-state index in [1.165, 1.54) is 28.8 Å². The summed E-state index contributed by atoms with van der Waals surface area (Å²) < 4.78 is 0. The van der Waals surface area contributed by atoms with Crippen molar-refractivity contribution in [3.05, 3.63) is 174 Å². The number of anilines is 1. The fraction of sp³-hybridized carbons (Fsp3) is 0.278. The number of rotatable bonds is 1. The molecule has 14 rings (SSSR count). The number of Topliss-reactive ketones (excluding diaryl/α,β-unsaturated/α-hetero) is 1. The standard InChI is InChI=1S/C12H12N2O2.C11H9N3O4.C11H11N3O2.C11H10N2O2.C9H8O/c1-7-2-3-8-5-12(6-9(8)4-7)10(15)13-11(16)14-12;15-9-11(13-10(16)12-9)4-6-1-2-8(14(17)18)3-7(6)5-11;12-8-2-1-6-4-11(5-7(6)3-8)9(15)13-10(16)14-11;14-9-11(13-10(15)12-9)5-7-3-1-2-4-8(7)6-11;10-9-5-7-3-1-2-4-8(7)6-9/h2-4H,5-6H2,1H3,(H2,13,14,15,16);1-3H,4-5H2,(H2,12,13,15,16);1-3H,4-5,12H2,(H2,13,14,15,16);1-4H,5-6H2,(H2,12,13,14,15);1-4H,5-6H2. The van der Waals surface area contributed by atoms with Crippen LogP contribution in [0.5, 0.6) is 0 Å². The zero-order chi connectivity index (χ0) is 53.0. The van der Waals surface area contributed by atoms with E-state index in [9.17, 15) is 53.3 Å². The second-order valence-electron chi connectivity index (χ2n) is 20.3. The van der Waals surface area contributed by atoms with Crippen LogP contribution in [0.4, 0.5) is 30.6 Å². The Morgan fingerprint density at radius 3 is 1.11 bits per heavy atom. The number of benzene rings is 5. The molecule has 3 atom stereocenters. The van der Waals surface area contributed by atoms with Crippen LogP contribution in [0.3, 0.4) is 0 Å². The first-order chi connectivity index (χ1) is 35.7. The number of nitrogens with one attached hydrogen (secondary N) is 8. The Hall–Kier alpha value is -9.27. The summed E-state index contributed by atoms with van der Waals surface area (Å²) >= 11 is 0. The molecule has 0 saturated carbocycles. The van der Waals surface area contributed by atoms with Gasteiger partial charge in [-0.3, -0.25) is 55.4 Å². The first-order valence-corrected chi connectivity index (χ1v) is 24.2. The van der Waals surface area contributed by atoms with E-state index in [0.29, 0.717) is 75.7 Å². The number of nitrogens with zero attached hydrogens (tertiary/aromatic N) is 1. The van der Waals surface area contributed by atoms with Crippen LogP contribution < -0.4 is 48.3 Å². The minimum absolute atomic E-state index is 0.00414. The van der Waals surface area contributed by atoms with E-state index in [4.69, 9.17) is 5.73 Å². The number of hydrogen-bond donors (Lipinski definition) is 9. The first-order valence-electron chi connectivity index (χ1n) is 24.2. The number of imide groups is 4. The molecule has 5 aromatic rings. The number of non-ortho nitro benzene ring substituents is 1.